The van der Waals surface area contributed by atoms with Gasteiger partial charge in [-0.25, -0.2) is 0 Å². The van der Waals surface area contributed by atoms with E-state index in [1.165, 1.54) is 37.9 Å². The summed E-state index contributed by atoms with van der Waals surface area (Å²) < 4.78 is 5.75. The number of piperidine rings is 1. The van der Waals surface area contributed by atoms with Crippen molar-refractivity contribution in [3.63, 3.8) is 0 Å². The van der Waals surface area contributed by atoms with E-state index in [1.54, 1.807) is 0 Å². The van der Waals surface area contributed by atoms with Crippen molar-refractivity contribution in [2.24, 2.45) is 0 Å². The number of nitrogen functional groups attached to an aromatic ring is 1. The van der Waals surface area contributed by atoms with E-state index < -0.39 is 10.9 Å². The van der Waals surface area contributed by atoms with Gasteiger partial charge in [-0.15, -0.1) is 0 Å². The molecule has 1 aliphatic heterocycles. The molecule has 6 nitrogen and oxygen atoms in total. The zero-order valence-corrected chi connectivity index (χ0v) is 14.9. The predicted molar refractivity (Wildman–Crippen MR) is 104 cm³/mol. The fourth-order valence-corrected chi connectivity index (χ4v) is 3.15. The molecule has 0 atom stereocenters. The number of rotatable bonds is 8. The van der Waals surface area contributed by atoms with E-state index in [9.17, 15) is 9.59 Å². The number of nitrogens with zero attached hydrogens (tertiary/aromatic N) is 1. The van der Waals surface area contributed by atoms with Gasteiger partial charge in [-0.3, -0.25) is 14.5 Å². The number of ether oxygens (including phenoxy) is 1. The third kappa shape index (κ3) is 4.52. The second-order valence-electron chi connectivity index (χ2n) is 6.59. The van der Waals surface area contributed by atoms with Gasteiger partial charge >= 0.3 is 0 Å². The molecule has 0 radical (unpaired) electrons. The maximum Gasteiger partial charge on any atom is 0.253 e. The molecule has 0 saturated carbocycles. The minimum atomic E-state index is -0.607. The van der Waals surface area contributed by atoms with Crippen LogP contribution in [-0.4, -0.2) is 31.1 Å². The monoisotopic (exact) mass is 355 g/mol. The Morgan fingerprint density at radius 1 is 1.12 bits per heavy atom. The van der Waals surface area contributed by atoms with Crippen molar-refractivity contribution < 1.29 is 4.74 Å². The molecule has 0 aliphatic carbocycles. The standard InChI is InChI=1S/C20H25N3O3/c21-17-18(20(25)19(17)24)22-9-2-5-12-26-16-8-6-7-15(13-16)14-23-10-3-1-4-11-23/h2,5-8,13,22H,1,3-4,9-12,14,21H2/b5-2+. The maximum atomic E-state index is 11.2. The molecular formula is C20H25N3O3. The van der Waals surface area contributed by atoms with E-state index in [0.717, 1.165) is 12.3 Å². The van der Waals surface area contributed by atoms with Crippen LogP contribution >= 0.6 is 0 Å². The fourth-order valence-electron chi connectivity index (χ4n) is 3.15. The Labute approximate surface area is 153 Å². The van der Waals surface area contributed by atoms with E-state index in [2.05, 4.69) is 22.3 Å². The molecule has 1 saturated heterocycles. The van der Waals surface area contributed by atoms with E-state index >= 15 is 0 Å². The topological polar surface area (TPSA) is 84.7 Å². The highest BCUT2D eigenvalue weighted by Crippen LogP contribution is 2.17. The van der Waals surface area contributed by atoms with Crippen molar-refractivity contribution in [1.29, 1.82) is 0 Å². The third-order valence-corrected chi connectivity index (χ3v) is 4.61. The Bertz CT molecular complexity index is 831. The van der Waals surface area contributed by atoms with Crippen LogP contribution in [0.3, 0.4) is 0 Å². The molecule has 0 unspecified atom stereocenters. The highest BCUT2D eigenvalue weighted by atomic mass is 16.5. The second kappa shape index (κ2) is 8.67. The quantitative estimate of drug-likeness (QED) is 0.556. The minimum Gasteiger partial charge on any atom is -0.490 e. The molecule has 1 aliphatic rings. The van der Waals surface area contributed by atoms with Crippen LogP contribution in [0.2, 0.25) is 0 Å². The summed E-state index contributed by atoms with van der Waals surface area (Å²) in [6, 6.07) is 8.20. The zero-order valence-electron chi connectivity index (χ0n) is 14.9. The Morgan fingerprint density at radius 2 is 1.92 bits per heavy atom. The first-order valence-corrected chi connectivity index (χ1v) is 9.07. The molecule has 0 spiro atoms. The highest BCUT2D eigenvalue weighted by molar-refractivity contribution is 5.71. The van der Waals surface area contributed by atoms with Crippen molar-refractivity contribution in [2.75, 3.05) is 37.3 Å². The minimum absolute atomic E-state index is 0.0187. The third-order valence-electron chi connectivity index (χ3n) is 4.61. The van der Waals surface area contributed by atoms with E-state index in [0.29, 0.717) is 13.2 Å². The van der Waals surface area contributed by atoms with Crippen LogP contribution in [0.4, 0.5) is 11.4 Å². The lowest BCUT2D eigenvalue weighted by Crippen LogP contribution is -2.37. The molecule has 2 aromatic carbocycles. The molecule has 26 heavy (non-hydrogen) atoms. The van der Waals surface area contributed by atoms with Gasteiger partial charge in [0.15, 0.2) is 0 Å². The van der Waals surface area contributed by atoms with Gasteiger partial charge in [0, 0.05) is 13.1 Å². The summed E-state index contributed by atoms with van der Waals surface area (Å²) >= 11 is 0. The zero-order chi connectivity index (χ0) is 18.4. The molecule has 2 aromatic rings. The SMILES string of the molecule is Nc1c(NC/C=C/COc2cccc(CN3CCCCC3)c2)c(=O)c1=O. The Morgan fingerprint density at radius 3 is 2.69 bits per heavy atom. The average molecular weight is 355 g/mol. The first-order valence-electron chi connectivity index (χ1n) is 9.07. The molecule has 0 aromatic heterocycles. The first kappa shape index (κ1) is 18.2. The molecular weight excluding hydrogens is 330 g/mol. The predicted octanol–water partition coefficient (Wildman–Crippen LogP) is 1.90. The van der Waals surface area contributed by atoms with Gasteiger partial charge in [0.1, 0.15) is 23.7 Å². The molecule has 0 bridgehead atoms. The lowest BCUT2D eigenvalue weighted by Gasteiger charge is -2.26. The van der Waals surface area contributed by atoms with Gasteiger partial charge in [0.25, 0.3) is 10.9 Å². The van der Waals surface area contributed by atoms with Crippen molar-refractivity contribution in [1.82, 2.24) is 4.90 Å². The van der Waals surface area contributed by atoms with Crippen molar-refractivity contribution in [2.45, 2.75) is 25.8 Å². The van der Waals surface area contributed by atoms with Gasteiger partial charge in [-0.1, -0.05) is 24.6 Å². The largest absolute Gasteiger partial charge is 0.490 e. The normalized spacial score (nSPS) is 15.5. The maximum absolute atomic E-state index is 11.2. The number of benzene rings is 1. The second-order valence-corrected chi connectivity index (χ2v) is 6.59. The molecule has 138 valence electrons. The molecule has 1 fully saturated rings. The van der Waals surface area contributed by atoms with Crippen LogP contribution in [0.5, 0.6) is 5.75 Å². The van der Waals surface area contributed by atoms with Gasteiger partial charge < -0.3 is 15.8 Å². The average Bonchev–Trinajstić information content (AvgIpc) is 2.67. The number of likely N-dealkylation sites (tertiary alicyclic amines) is 1. The van der Waals surface area contributed by atoms with Crippen LogP contribution in [0.1, 0.15) is 24.8 Å². The summed E-state index contributed by atoms with van der Waals surface area (Å²) in [6.07, 6.45) is 7.63. The summed E-state index contributed by atoms with van der Waals surface area (Å²) in [5.41, 5.74) is 5.80. The molecule has 3 rings (SSSR count). The van der Waals surface area contributed by atoms with Crippen LogP contribution in [-0.2, 0) is 6.54 Å². The summed E-state index contributed by atoms with van der Waals surface area (Å²) in [4.78, 5) is 24.7. The Balaban J connectivity index is 1.41. The van der Waals surface area contributed by atoms with Crippen molar-refractivity contribution >= 4 is 11.4 Å². The first-order chi connectivity index (χ1) is 12.6. The number of anilines is 2. The van der Waals surface area contributed by atoms with Crippen molar-refractivity contribution in [3.05, 3.63) is 62.4 Å². The molecule has 0 amide bonds. The highest BCUT2D eigenvalue weighted by Gasteiger charge is 2.16. The van der Waals surface area contributed by atoms with Crippen LogP contribution < -0.4 is 26.6 Å². The Hall–Kier alpha value is -2.60. The van der Waals surface area contributed by atoms with Gasteiger partial charge in [-0.2, -0.15) is 0 Å². The number of nitrogens with two attached hydrogens (primary N) is 1. The molecule has 6 heteroatoms. The summed E-state index contributed by atoms with van der Waals surface area (Å²) in [5.74, 6) is 0.851. The van der Waals surface area contributed by atoms with Crippen LogP contribution in [0.25, 0.3) is 0 Å². The summed E-state index contributed by atoms with van der Waals surface area (Å²) in [7, 11) is 0. The number of hydrogen-bond acceptors (Lipinski definition) is 6. The Kier molecular flexibility index (Phi) is 6.07. The summed E-state index contributed by atoms with van der Waals surface area (Å²) in [5, 5.41) is 2.84. The smallest absolute Gasteiger partial charge is 0.253 e. The van der Waals surface area contributed by atoms with Crippen molar-refractivity contribution in [3.8, 4) is 5.75 Å². The fraction of sp³-hybridized carbons (Fsp3) is 0.400. The summed E-state index contributed by atoms with van der Waals surface area (Å²) in [6.45, 7) is 4.19. The van der Waals surface area contributed by atoms with Crippen LogP contribution in [0.15, 0.2) is 46.0 Å². The van der Waals surface area contributed by atoms with Gasteiger partial charge in [0.2, 0.25) is 0 Å². The lowest BCUT2D eigenvalue weighted by atomic mass is 10.1. The number of hydrogen-bond donors (Lipinski definition) is 2. The van der Waals surface area contributed by atoms with E-state index in [-0.39, 0.29) is 11.4 Å². The van der Waals surface area contributed by atoms with Gasteiger partial charge in [0.05, 0.1) is 0 Å². The van der Waals surface area contributed by atoms with E-state index in [4.69, 9.17) is 10.5 Å². The van der Waals surface area contributed by atoms with Gasteiger partial charge in [-0.05, 0) is 49.7 Å². The lowest BCUT2D eigenvalue weighted by molar-refractivity contribution is 0.220. The molecule has 1 heterocycles. The van der Waals surface area contributed by atoms with E-state index in [1.807, 2.05) is 24.3 Å². The number of nitrogens with one attached hydrogen (secondary N) is 1. The molecule has 3 N–H and O–H groups in total. The van der Waals surface area contributed by atoms with Crippen LogP contribution in [0, 0.1) is 0 Å².